The van der Waals surface area contributed by atoms with Gasteiger partial charge in [-0.25, -0.2) is 4.98 Å². The van der Waals surface area contributed by atoms with E-state index in [4.69, 9.17) is 0 Å². The number of nitrogens with one attached hydrogen (secondary N) is 2. The van der Waals surface area contributed by atoms with Crippen molar-refractivity contribution in [2.75, 3.05) is 6.54 Å². The van der Waals surface area contributed by atoms with Gasteiger partial charge in [0.2, 0.25) is 5.91 Å². The Morgan fingerprint density at radius 2 is 1.92 bits per heavy atom. The van der Waals surface area contributed by atoms with Gasteiger partial charge in [0.15, 0.2) is 0 Å². The van der Waals surface area contributed by atoms with Gasteiger partial charge in [-0.15, -0.1) is 0 Å². The Morgan fingerprint density at radius 1 is 1.15 bits per heavy atom. The number of fused-ring (bicyclic) bond motifs is 1. The van der Waals surface area contributed by atoms with Crippen LogP contribution in [0.5, 0.6) is 0 Å². The maximum atomic E-state index is 11.7. The van der Waals surface area contributed by atoms with Crippen LogP contribution >= 0.6 is 0 Å². The second-order valence-corrected chi connectivity index (χ2v) is 6.57. The van der Waals surface area contributed by atoms with Crippen molar-refractivity contribution in [3.63, 3.8) is 0 Å². The highest BCUT2D eigenvalue weighted by molar-refractivity contribution is 5.77. The van der Waals surface area contributed by atoms with Gasteiger partial charge in [-0.1, -0.05) is 31.2 Å². The Hall–Kier alpha value is -2.66. The molecule has 0 aliphatic heterocycles. The third-order valence-corrected chi connectivity index (χ3v) is 4.55. The van der Waals surface area contributed by atoms with E-state index in [1.165, 1.54) is 5.56 Å². The van der Waals surface area contributed by atoms with E-state index in [0.717, 1.165) is 29.7 Å². The monoisotopic (exact) mass is 350 g/mol. The highest BCUT2D eigenvalue weighted by atomic mass is 16.1. The highest BCUT2D eigenvalue weighted by Crippen LogP contribution is 2.18. The van der Waals surface area contributed by atoms with E-state index in [1.807, 2.05) is 31.5 Å². The molecule has 1 unspecified atom stereocenters. The average molecular weight is 350 g/mol. The van der Waals surface area contributed by atoms with Crippen molar-refractivity contribution in [1.82, 2.24) is 20.2 Å². The number of imidazole rings is 1. The van der Waals surface area contributed by atoms with Crippen LogP contribution in [-0.4, -0.2) is 28.0 Å². The predicted molar refractivity (Wildman–Crippen MR) is 105 cm³/mol. The van der Waals surface area contributed by atoms with E-state index in [1.54, 1.807) is 0 Å². The zero-order valence-corrected chi connectivity index (χ0v) is 15.4. The Balaban J connectivity index is 1.51. The van der Waals surface area contributed by atoms with Crippen molar-refractivity contribution in [2.24, 2.45) is 0 Å². The maximum absolute atomic E-state index is 11.7. The summed E-state index contributed by atoms with van der Waals surface area (Å²) in [5, 5.41) is 6.31. The molecule has 1 heterocycles. The molecule has 26 heavy (non-hydrogen) atoms. The molecule has 0 radical (unpaired) electrons. The number of rotatable bonds is 8. The van der Waals surface area contributed by atoms with E-state index < -0.39 is 0 Å². The van der Waals surface area contributed by atoms with Gasteiger partial charge in [-0.2, -0.15) is 0 Å². The smallest absolute Gasteiger partial charge is 0.221 e. The number of nitrogens with zero attached hydrogens (tertiary/aromatic N) is 2. The first-order valence-electron chi connectivity index (χ1n) is 9.19. The van der Waals surface area contributed by atoms with Gasteiger partial charge < -0.3 is 10.6 Å². The molecule has 5 heteroatoms. The molecule has 0 aliphatic carbocycles. The lowest BCUT2D eigenvalue weighted by molar-refractivity contribution is -0.121. The van der Waals surface area contributed by atoms with Crippen LogP contribution in [0.25, 0.3) is 16.7 Å². The molecule has 2 N–H and O–H groups in total. The highest BCUT2D eigenvalue weighted by Gasteiger charge is 2.05. The van der Waals surface area contributed by atoms with Gasteiger partial charge >= 0.3 is 0 Å². The van der Waals surface area contributed by atoms with E-state index in [0.29, 0.717) is 13.0 Å². The van der Waals surface area contributed by atoms with Crippen LogP contribution in [0.4, 0.5) is 0 Å². The fourth-order valence-electron chi connectivity index (χ4n) is 2.82. The largest absolute Gasteiger partial charge is 0.354 e. The van der Waals surface area contributed by atoms with Crippen LogP contribution in [0.3, 0.4) is 0 Å². The summed E-state index contributed by atoms with van der Waals surface area (Å²) >= 11 is 0. The number of para-hydroxylation sites is 2. The van der Waals surface area contributed by atoms with E-state index in [2.05, 4.69) is 57.4 Å². The maximum Gasteiger partial charge on any atom is 0.221 e. The molecule has 0 fully saturated rings. The zero-order chi connectivity index (χ0) is 18.4. The molecule has 1 atom stereocenters. The Bertz CT molecular complexity index is 854. The van der Waals surface area contributed by atoms with Crippen molar-refractivity contribution in [2.45, 2.75) is 39.3 Å². The second-order valence-electron chi connectivity index (χ2n) is 6.57. The van der Waals surface area contributed by atoms with E-state index in [-0.39, 0.29) is 11.9 Å². The Labute approximate surface area is 154 Å². The molecule has 5 nitrogen and oxygen atoms in total. The Kier molecular flexibility index (Phi) is 6.02. The van der Waals surface area contributed by atoms with Gasteiger partial charge in [0.25, 0.3) is 0 Å². The number of hydrogen-bond acceptors (Lipinski definition) is 3. The molecule has 0 saturated carbocycles. The van der Waals surface area contributed by atoms with E-state index >= 15 is 0 Å². The van der Waals surface area contributed by atoms with Crippen LogP contribution < -0.4 is 10.6 Å². The molecule has 0 saturated heterocycles. The molecular formula is C21H26N4O. The minimum atomic E-state index is 0.106. The normalized spacial score (nSPS) is 12.2. The minimum Gasteiger partial charge on any atom is -0.354 e. The van der Waals surface area contributed by atoms with Crippen LogP contribution in [0.2, 0.25) is 0 Å². The molecule has 3 aromatic rings. The molecule has 2 aromatic carbocycles. The summed E-state index contributed by atoms with van der Waals surface area (Å²) in [4.78, 5) is 16.2. The predicted octanol–water partition coefficient (Wildman–Crippen LogP) is 3.42. The van der Waals surface area contributed by atoms with Crippen LogP contribution in [-0.2, 0) is 11.3 Å². The molecular weight excluding hydrogens is 324 g/mol. The van der Waals surface area contributed by atoms with Gasteiger partial charge in [0.05, 0.1) is 11.0 Å². The standard InChI is InChI=1S/C21H26N4O/c1-3-16(2)24-21(26)12-13-22-14-17-8-10-18(11-9-17)25-15-23-19-6-4-5-7-20(19)25/h4-11,15-16,22H,3,12-14H2,1-2H3,(H,24,26). The summed E-state index contributed by atoms with van der Waals surface area (Å²) in [7, 11) is 0. The minimum absolute atomic E-state index is 0.106. The molecule has 1 amide bonds. The number of aromatic nitrogens is 2. The Morgan fingerprint density at radius 3 is 2.69 bits per heavy atom. The van der Waals surface area contributed by atoms with Crippen molar-refractivity contribution < 1.29 is 4.79 Å². The molecule has 1 aromatic heterocycles. The first-order valence-corrected chi connectivity index (χ1v) is 9.19. The first-order chi connectivity index (χ1) is 12.7. The number of hydrogen-bond donors (Lipinski definition) is 2. The lowest BCUT2D eigenvalue weighted by Crippen LogP contribution is -2.33. The van der Waals surface area contributed by atoms with Crippen LogP contribution in [0, 0.1) is 0 Å². The van der Waals surface area contributed by atoms with Crippen molar-refractivity contribution in [3.8, 4) is 5.69 Å². The number of carbonyl (C=O) groups excluding carboxylic acids is 1. The molecule has 0 spiro atoms. The molecule has 136 valence electrons. The number of benzene rings is 2. The lowest BCUT2D eigenvalue weighted by atomic mass is 10.2. The van der Waals surface area contributed by atoms with E-state index in [9.17, 15) is 4.79 Å². The summed E-state index contributed by atoms with van der Waals surface area (Å²) in [6.45, 7) is 5.52. The molecule has 3 rings (SSSR count). The van der Waals surface area contributed by atoms with Gasteiger partial charge in [0.1, 0.15) is 6.33 Å². The topological polar surface area (TPSA) is 59.0 Å². The molecule has 0 aliphatic rings. The summed E-state index contributed by atoms with van der Waals surface area (Å²) < 4.78 is 2.09. The summed E-state index contributed by atoms with van der Waals surface area (Å²) in [5.74, 6) is 0.106. The quantitative estimate of drug-likeness (QED) is 0.612. The molecule has 0 bridgehead atoms. The number of carbonyl (C=O) groups is 1. The summed E-state index contributed by atoms with van der Waals surface area (Å²) in [6.07, 6.45) is 3.31. The van der Waals surface area contributed by atoms with Crippen molar-refractivity contribution in [1.29, 1.82) is 0 Å². The van der Waals surface area contributed by atoms with Gasteiger partial charge in [-0.05, 0) is 43.2 Å². The zero-order valence-electron chi connectivity index (χ0n) is 15.4. The fourth-order valence-corrected chi connectivity index (χ4v) is 2.82. The summed E-state index contributed by atoms with van der Waals surface area (Å²) in [5.41, 5.74) is 4.38. The van der Waals surface area contributed by atoms with Crippen LogP contribution in [0.1, 0.15) is 32.3 Å². The first kappa shape index (κ1) is 18.1. The fraction of sp³-hybridized carbons (Fsp3) is 0.333. The van der Waals surface area contributed by atoms with Crippen molar-refractivity contribution in [3.05, 3.63) is 60.4 Å². The van der Waals surface area contributed by atoms with Gasteiger partial charge in [0, 0.05) is 31.2 Å². The SMILES string of the molecule is CCC(C)NC(=O)CCNCc1ccc(-n2cnc3ccccc32)cc1. The van der Waals surface area contributed by atoms with Crippen molar-refractivity contribution >= 4 is 16.9 Å². The average Bonchev–Trinajstić information content (AvgIpc) is 3.10. The second kappa shape index (κ2) is 8.63. The van der Waals surface area contributed by atoms with Crippen LogP contribution in [0.15, 0.2) is 54.9 Å². The lowest BCUT2D eigenvalue weighted by Gasteiger charge is -2.11. The third-order valence-electron chi connectivity index (χ3n) is 4.55. The van der Waals surface area contributed by atoms with Gasteiger partial charge in [-0.3, -0.25) is 9.36 Å². The third kappa shape index (κ3) is 4.49. The number of amides is 1. The summed E-state index contributed by atoms with van der Waals surface area (Å²) in [6, 6.07) is 16.8.